The molecule has 0 aliphatic heterocycles. The van der Waals surface area contributed by atoms with E-state index < -0.39 is 0 Å². The Morgan fingerprint density at radius 3 is 1.74 bits per heavy atom. The van der Waals surface area contributed by atoms with Crippen LogP contribution in [0, 0.1) is 0 Å². The van der Waals surface area contributed by atoms with Gasteiger partial charge in [0.05, 0.1) is 4.47 Å². The molecule has 0 spiro atoms. The number of rotatable bonds is 1. The van der Waals surface area contributed by atoms with E-state index in [1.807, 2.05) is 24.3 Å². The molecule has 0 radical (unpaired) electrons. The minimum atomic E-state index is -0.103. The molecule has 0 fully saturated rings. The van der Waals surface area contributed by atoms with Crippen LogP contribution in [-0.2, 0) is 5.41 Å². The number of fused-ring (bicyclic) bond motifs is 2. The quantitative estimate of drug-likeness (QED) is 0.289. The fourth-order valence-corrected chi connectivity index (χ4v) is 5.35. The zero-order valence-corrected chi connectivity index (χ0v) is 18.6. The average molecular weight is 484 g/mol. The van der Waals surface area contributed by atoms with Crippen molar-refractivity contribution in [3.63, 3.8) is 0 Å². The summed E-state index contributed by atoms with van der Waals surface area (Å²) in [6.45, 7) is 6.63. The first-order chi connectivity index (χ1) is 12.8. The van der Waals surface area contributed by atoms with E-state index in [2.05, 4.69) is 89.0 Å². The molecule has 3 heteroatoms. The number of phenols is 1. The maximum absolute atomic E-state index is 11.1. The van der Waals surface area contributed by atoms with Gasteiger partial charge in [-0.05, 0) is 66.1 Å². The summed E-state index contributed by atoms with van der Waals surface area (Å²) in [5, 5.41) is 15.6. The zero-order valence-electron chi connectivity index (χ0n) is 15.5. The molecule has 0 heterocycles. The minimum absolute atomic E-state index is 0.103. The van der Waals surface area contributed by atoms with Gasteiger partial charge in [-0.3, -0.25) is 0 Å². The lowest BCUT2D eigenvalue weighted by atomic mass is 9.78. The number of phenolic OH excluding ortho intramolecular Hbond substituents is 1. The van der Waals surface area contributed by atoms with E-state index in [1.165, 1.54) is 5.56 Å². The second kappa shape index (κ2) is 6.65. The van der Waals surface area contributed by atoms with Crippen LogP contribution in [-0.4, -0.2) is 5.11 Å². The van der Waals surface area contributed by atoms with Crippen LogP contribution in [0.4, 0.5) is 0 Å². The van der Waals surface area contributed by atoms with Gasteiger partial charge in [0.25, 0.3) is 0 Å². The van der Waals surface area contributed by atoms with E-state index in [0.29, 0.717) is 4.47 Å². The number of aromatic hydroxyl groups is 1. The van der Waals surface area contributed by atoms with E-state index in [1.54, 1.807) is 0 Å². The van der Waals surface area contributed by atoms with E-state index >= 15 is 0 Å². The smallest absolute Gasteiger partial charge is 0.138 e. The van der Waals surface area contributed by atoms with Gasteiger partial charge in [-0.2, -0.15) is 0 Å². The van der Waals surface area contributed by atoms with E-state index in [9.17, 15) is 5.11 Å². The molecule has 27 heavy (non-hydrogen) atoms. The summed E-state index contributed by atoms with van der Waals surface area (Å²) in [5.74, 6) is 0.280. The van der Waals surface area contributed by atoms with Gasteiger partial charge in [0.2, 0.25) is 0 Å². The van der Waals surface area contributed by atoms with Crippen LogP contribution in [0.1, 0.15) is 26.3 Å². The highest BCUT2D eigenvalue weighted by molar-refractivity contribution is 9.10. The molecule has 0 amide bonds. The third-order valence-electron chi connectivity index (χ3n) is 4.98. The molecule has 0 aliphatic carbocycles. The lowest BCUT2D eigenvalue weighted by molar-refractivity contribution is 0.474. The van der Waals surface area contributed by atoms with Crippen LogP contribution in [0.15, 0.2) is 69.6 Å². The molecule has 0 saturated carbocycles. The Morgan fingerprint density at radius 1 is 0.704 bits per heavy atom. The van der Waals surface area contributed by atoms with Gasteiger partial charge in [-0.25, -0.2) is 0 Å². The Labute approximate surface area is 176 Å². The van der Waals surface area contributed by atoms with Crippen LogP contribution < -0.4 is 0 Å². The molecule has 0 bridgehead atoms. The molecule has 4 aromatic carbocycles. The zero-order chi connectivity index (χ0) is 19.3. The molecule has 0 saturated heterocycles. The van der Waals surface area contributed by atoms with Crippen molar-refractivity contribution in [2.45, 2.75) is 26.2 Å². The van der Waals surface area contributed by atoms with E-state index in [-0.39, 0.29) is 11.2 Å². The summed E-state index contributed by atoms with van der Waals surface area (Å²) in [7, 11) is 0. The highest BCUT2D eigenvalue weighted by Crippen LogP contribution is 2.49. The van der Waals surface area contributed by atoms with Crippen molar-refractivity contribution in [2.75, 3.05) is 0 Å². The first-order valence-electron chi connectivity index (χ1n) is 8.91. The Bertz CT molecular complexity index is 1190. The first-order valence-corrected chi connectivity index (χ1v) is 10.5. The van der Waals surface area contributed by atoms with Gasteiger partial charge in [-0.15, -0.1) is 0 Å². The summed E-state index contributed by atoms with van der Waals surface area (Å²) in [4.78, 5) is 0. The Morgan fingerprint density at radius 2 is 1.19 bits per heavy atom. The van der Waals surface area contributed by atoms with Crippen molar-refractivity contribution in [3.05, 3.63) is 75.2 Å². The summed E-state index contributed by atoms with van der Waals surface area (Å²) < 4.78 is 1.77. The normalized spacial score (nSPS) is 12.0. The lowest BCUT2D eigenvalue weighted by Gasteiger charge is -2.27. The second-order valence-corrected chi connectivity index (χ2v) is 9.59. The third-order valence-corrected chi connectivity index (χ3v) is 6.21. The fraction of sp³-hybridized carbons (Fsp3) is 0.167. The summed E-state index contributed by atoms with van der Waals surface area (Å²) in [6, 6.07) is 20.7. The third kappa shape index (κ3) is 3.07. The standard InChI is InChI=1S/C24H20Br2O/c1-24(2,3)22-18(25)12-14-8-4-6-10-16(14)20(22)21-17-11-7-5-9-15(17)13-19(26)23(21)27/h4-13,27H,1-3H3. The van der Waals surface area contributed by atoms with Crippen LogP contribution >= 0.6 is 31.9 Å². The predicted octanol–water partition coefficient (Wildman–Crippen LogP) is 8.19. The number of benzene rings is 4. The maximum atomic E-state index is 11.1. The Hall–Kier alpha value is -1.84. The summed E-state index contributed by atoms with van der Waals surface area (Å²) >= 11 is 7.38. The summed E-state index contributed by atoms with van der Waals surface area (Å²) in [5.41, 5.74) is 3.05. The monoisotopic (exact) mass is 482 g/mol. The number of hydrogen-bond acceptors (Lipinski definition) is 1. The largest absolute Gasteiger partial charge is 0.506 e. The average Bonchev–Trinajstić information content (AvgIpc) is 2.61. The van der Waals surface area contributed by atoms with Gasteiger partial charge in [0.15, 0.2) is 0 Å². The number of hydrogen-bond donors (Lipinski definition) is 1. The van der Waals surface area contributed by atoms with Crippen molar-refractivity contribution in [3.8, 4) is 16.9 Å². The van der Waals surface area contributed by atoms with Crippen molar-refractivity contribution >= 4 is 53.4 Å². The van der Waals surface area contributed by atoms with Crippen molar-refractivity contribution in [2.24, 2.45) is 0 Å². The molecule has 0 unspecified atom stereocenters. The molecule has 0 aromatic heterocycles. The van der Waals surface area contributed by atoms with Crippen molar-refractivity contribution < 1.29 is 5.11 Å². The lowest BCUT2D eigenvalue weighted by Crippen LogP contribution is -2.14. The Kier molecular flexibility index (Phi) is 4.56. The first kappa shape index (κ1) is 18.5. The van der Waals surface area contributed by atoms with Gasteiger partial charge in [-0.1, -0.05) is 85.2 Å². The highest BCUT2D eigenvalue weighted by Gasteiger charge is 2.27. The van der Waals surface area contributed by atoms with Crippen LogP contribution in [0.25, 0.3) is 32.7 Å². The SMILES string of the molecule is CC(C)(C)c1c(Br)cc2ccccc2c1-c1c(O)c(Br)cc2ccccc12. The molecule has 0 aliphatic rings. The predicted molar refractivity (Wildman–Crippen MR) is 123 cm³/mol. The van der Waals surface area contributed by atoms with Crippen LogP contribution in [0.5, 0.6) is 5.75 Å². The molecule has 4 aromatic rings. The maximum Gasteiger partial charge on any atom is 0.138 e. The minimum Gasteiger partial charge on any atom is -0.506 e. The molecule has 1 nitrogen and oxygen atoms in total. The van der Waals surface area contributed by atoms with Crippen LogP contribution in [0.3, 0.4) is 0 Å². The highest BCUT2D eigenvalue weighted by atomic mass is 79.9. The van der Waals surface area contributed by atoms with Crippen molar-refractivity contribution in [1.82, 2.24) is 0 Å². The van der Waals surface area contributed by atoms with Crippen LogP contribution in [0.2, 0.25) is 0 Å². The Balaban J connectivity index is 2.30. The van der Waals surface area contributed by atoms with Gasteiger partial charge in [0, 0.05) is 10.0 Å². The number of halogens is 2. The molecule has 136 valence electrons. The molecule has 1 N–H and O–H groups in total. The van der Waals surface area contributed by atoms with Gasteiger partial charge in [0.1, 0.15) is 5.75 Å². The topological polar surface area (TPSA) is 20.2 Å². The second-order valence-electron chi connectivity index (χ2n) is 7.88. The van der Waals surface area contributed by atoms with E-state index in [4.69, 9.17) is 0 Å². The summed E-state index contributed by atoms with van der Waals surface area (Å²) in [6.07, 6.45) is 0. The van der Waals surface area contributed by atoms with Gasteiger partial charge >= 0.3 is 0 Å². The fourth-order valence-electron chi connectivity index (χ4n) is 3.86. The molecule has 0 atom stereocenters. The molecule has 4 rings (SSSR count). The van der Waals surface area contributed by atoms with E-state index in [0.717, 1.165) is 37.1 Å². The molecular weight excluding hydrogens is 464 g/mol. The van der Waals surface area contributed by atoms with Gasteiger partial charge < -0.3 is 5.11 Å². The molecular formula is C24H20Br2O. The van der Waals surface area contributed by atoms with Crippen molar-refractivity contribution in [1.29, 1.82) is 0 Å².